The third-order valence-corrected chi connectivity index (χ3v) is 4.54. The van der Waals surface area contributed by atoms with E-state index >= 15 is 0 Å². The van der Waals surface area contributed by atoms with Crippen LogP contribution in [-0.2, 0) is 5.75 Å². The molecule has 1 aromatic heterocycles. The van der Waals surface area contributed by atoms with Crippen molar-refractivity contribution in [2.24, 2.45) is 0 Å². The van der Waals surface area contributed by atoms with Crippen LogP contribution in [0.4, 0.5) is 4.39 Å². The van der Waals surface area contributed by atoms with Gasteiger partial charge < -0.3 is 5.11 Å². The van der Waals surface area contributed by atoms with E-state index in [2.05, 4.69) is 20.9 Å². The first kappa shape index (κ1) is 16.0. The first-order valence-corrected chi connectivity index (χ1v) is 7.94. The lowest BCUT2D eigenvalue weighted by Gasteiger charge is -2.09. The summed E-state index contributed by atoms with van der Waals surface area (Å²) >= 11 is 4.48. The summed E-state index contributed by atoms with van der Waals surface area (Å²) in [7, 11) is 0. The van der Waals surface area contributed by atoms with E-state index in [0.29, 0.717) is 20.8 Å². The van der Waals surface area contributed by atoms with Gasteiger partial charge in [-0.05, 0) is 59.1 Å². The van der Waals surface area contributed by atoms with Crippen molar-refractivity contribution in [1.29, 1.82) is 0 Å². The third kappa shape index (κ3) is 3.83. The fraction of sp³-hybridized carbons (Fsp3) is 0.200. The lowest BCUT2D eigenvalue weighted by atomic mass is 10.1. The van der Waals surface area contributed by atoms with Crippen molar-refractivity contribution in [3.63, 3.8) is 0 Å². The van der Waals surface area contributed by atoms with Gasteiger partial charge in [-0.3, -0.25) is 0 Å². The van der Waals surface area contributed by atoms with Crippen molar-refractivity contribution in [2.75, 3.05) is 0 Å². The summed E-state index contributed by atoms with van der Waals surface area (Å²) in [6, 6.07) is 6.50. The largest absolute Gasteiger partial charge is 0.478 e. The Morgan fingerprint density at radius 3 is 2.71 bits per heavy atom. The van der Waals surface area contributed by atoms with Crippen LogP contribution >= 0.6 is 27.7 Å². The topological polar surface area (TPSA) is 50.2 Å². The molecule has 0 bridgehead atoms. The molecule has 3 nitrogen and oxygen atoms in total. The molecule has 1 N–H and O–H groups in total. The maximum absolute atomic E-state index is 13.2. The minimum atomic E-state index is -0.984. The molecule has 0 aliphatic rings. The molecule has 2 rings (SSSR count). The van der Waals surface area contributed by atoms with Gasteiger partial charge in [0.1, 0.15) is 10.8 Å². The Bertz CT molecular complexity index is 706. The van der Waals surface area contributed by atoms with Crippen LogP contribution in [0.2, 0.25) is 0 Å². The molecule has 1 heterocycles. The number of hydrogen-bond donors (Lipinski definition) is 1. The standard InChI is InChI=1S/C15H13BrFNO2S/c1-8-5-9(2)18-14(13(8)15(19)20)21-7-10-3-4-12(17)11(16)6-10/h3-6H,7H2,1-2H3,(H,19,20). The Morgan fingerprint density at radius 2 is 2.10 bits per heavy atom. The Kier molecular flexibility index (Phi) is 5.00. The number of rotatable bonds is 4. The molecule has 2 aromatic rings. The highest BCUT2D eigenvalue weighted by Crippen LogP contribution is 2.28. The van der Waals surface area contributed by atoms with Crippen molar-refractivity contribution in [2.45, 2.75) is 24.6 Å². The van der Waals surface area contributed by atoms with Crippen molar-refractivity contribution < 1.29 is 14.3 Å². The number of halogens is 2. The summed E-state index contributed by atoms with van der Waals surface area (Å²) in [5, 5.41) is 9.79. The molecule has 0 saturated carbocycles. The van der Waals surface area contributed by atoms with Crippen LogP contribution in [0.1, 0.15) is 27.2 Å². The highest BCUT2D eigenvalue weighted by Gasteiger charge is 2.16. The average molecular weight is 370 g/mol. The zero-order chi connectivity index (χ0) is 15.6. The van der Waals surface area contributed by atoms with Crippen molar-refractivity contribution in [3.8, 4) is 0 Å². The van der Waals surface area contributed by atoms with Crippen molar-refractivity contribution >= 4 is 33.7 Å². The minimum Gasteiger partial charge on any atom is -0.478 e. The summed E-state index contributed by atoms with van der Waals surface area (Å²) in [5.41, 5.74) is 2.59. The SMILES string of the molecule is Cc1cc(C)c(C(=O)O)c(SCc2ccc(F)c(Br)c2)n1. The monoisotopic (exact) mass is 369 g/mol. The maximum atomic E-state index is 13.2. The fourth-order valence-electron chi connectivity index (χ4n) is 1.95. The van der Waals surface area contributed by atoms with Gasteiger partial charge in [0.15, 0.2) is 0 Å². The molecule has 0 unspecified atom stereocenters. The predicted molar refractivity (Wildman–Crippen MR) is 84.3 cm³/mol. The Hall–Kier alpha value is -1.40. The first-order valence-electron chi connectivity index (χ1n) is 6.16. The van der Waals surface area contributed by atoms with Crippen LogP contribution in [0.3, 0.4) is 0 Å². The first-order chi connectivity index (χ1) is 9.88. The number of aromatic nitrogens is 1. The van der Waals surface area contributed by atoms with Crippen molar-refractivity contribution in [3.05, 3.63) is 56.9 Å². The van der Waals surface area contributed by atoms with E-state index in [0.717, 1.165) is 11.3 Å². The fourth-order valence-corrected chi connectivity index (χ4v) is 3.46. The lowest BCUT2D eigenvalue weighted by molar-refractivity contribution is 0.0691. The number of thioether (sulfide) groups is 1. The average Bonchev–Trinajstić information content (AvgIpc) is 2.38. The van der Waals surface area contributed by atoms with E-state index in [-0.39, 0.29) is 11.4 Å². The summed E-state index contributed by atoms with van der Waals surface area (Å²) in [5.74, 6) is -0.781. The Labute approximate surface area is 134 Å². The predicted octanol–water partition coefficient (Wildman–Crippen LogP) is 4.59. The molecule has 0 aliphatic heterocycles. The van der Waals surface area contributed by atoms with Gasteiger partial charge in [0.05, 0.1) is 10.0 Å². The number of benzene rings is 1. The van der Waals surface area contributed by atoms with Gasteiger partial charge in [-0.15, -0.1) is 11.8 Å². The molecular formula is C15H13BrFNO2S. The van der Waals surface area contributed by atoms with E-state index in [4.69, 9.17) is 0 Å². The number of nitrogens with zero attached hydrogens (tertiary/aromatic N) is 1. The quantitative estimate of drug-likeness (QED) is 0.800. The number of carboxylic acids is 1. The highest BCUT2D eigenvalue weighted by atomic mass is 79.9. The smallest absolute Gasteiger partial charge is 0.338 e. The van der Waals surface area contributed by atoms with Gasteiger partial charge in [0.25, 0.3) is 0 Å². The number of carbonyl (C=O) groups is 1. The van der Waals surface area contributed by atoms with Gasteiger partial charge in [-0.1, -0.05) is 6.07 Å². The molecule has 0 fully saturated rings. The summed E-state index contributed by atoms with van der Waals surface area (Å²) in [4.78, 5) is 15.7. The van der Waals surface area contributed by atoms with Gasteiger partial charge in [-0.25, -0.2) is 14.2 Å². The normalized spacial score (nSPS) is 10.7. The number of carboxylic acid groups (broad SMARTS) is 1. The number of hydrogen-bond acceptors (Lipinski definition) is 3. The van der Waals surface area contributed by atoms with Gasteiger partial charge in [0, 0.05) is 11.4 Å². The van der Waals surface area contributed by atoms with Crippen LogP contribution in [-0.4, -0.2) is 16.1 Å². The van der Waals surface area contributed by atoms with E-state index < -0.39 is 5.97 Å². The molecule has 0 radical (unpaired) electrons. The zero-order valence-corrected chi connectivity index (χ0v) is 13.9. The molecule has 1 aromatic carbocycles. The van der Waals surface area contributed by atoms with E-state index in [1.165, 1.54) is 17.8 Å². The second kappa shape index (κ2) is 6.58. The van der Waals surface area contributed by atoms with Crippen LogP contribution in [0.5, 0.6) is 0 Å². The van der Waals surface area contributed by atoms with Crippen LogP contribution in [0.25, 0.3) is 0 Å². The zero-order valence-electron chi connectivity index (χ0n) is 11.5. The van der Waals surface area contributed by atoms with E-state index in [1.54, 1.807) is 25.1 Å². The summed E-state index contributed by atoms with van der Waals surface area (Å²) < 4.78 is 13.6. The number of aryl methyl sites for hydroxylation is 2. The van der Waals surface area contributed by atoms with Gasteiger partial charge >= 0.3 is 5.97 Å². The number of aromatic carboxylic acids is 1. The van der Waals surface area contributed by atoms with Crippen LogP contribution in [0, 0.1) is 19.7 Å². The maximum Gasteiger partial charge on any atom is 0.338 e. The molecule has 0 aliphatic carbocycles. The second-order valence-electron chi connectivity index (χ2n) is 4.60. The lowest BCUT2D eigenvalue weighted by Crippen LogP contribution is -2.05. The number of pyridine rings is 1. The molecular weight excluding hydrogens is 357 g/mol. The summed E-state index contributed by atoms with van der Waals surface area (Å²) in [6.45, 7) is 3.59. The second-order valence-corrected chi connectivity index (χ2v) is 6.42. The van der Waals surface area contributed by atoms with Crippen LogP contribution < -0.4 is 0 Å². The van der Waals surface area contributed by atoms with Crippen LogP contribution in [0.15, 0.2) is 33.8 Å². The van der Waals surface area contributed by atoms with E-state index in [9.17, 15) is 14.3 Å². The molecule has 6 heteroatoms. The molecule has 0 spiro atoms. The van der Waals surface area contributed by atoms with Gasteiger partial charge in [0.2, 0.25) is 0 Å². The molecule has 110 valence electrons. The molecule has 0 amide bonds. The molecule has 21 heavy (non-hydrogen) atoms. The summed E-state index contributed by atoms with van der Waals surface area (Å²) in [6.07, 6.45) is 0. The van der Waals surface area contributed by atoms with Gasteiger partial charge in [-0.2, -0.15) is 0 Å². The molecule has 0 atom stereocenters. The highest BCUT2D eigenvalue weighted by molar-refractivity contribution is 9.10. The molecule has 0 saturated heterocycles. The third-order valence-electron chi connectivity index (χ3n) is 2.88. The van der Waals surface area contributed by atoms with E-state index in [1.807, 2.05) is 6.92 Å². The van der Waals surface area contributed by atoms with Crippen molar-refractivity contribution in [1.82, 2.24) is 4.98 Å². The minimum absolute atomic E-state index is 0.228. The Morgan fingerprint density at radius 1 is 1.38 bits per heavy atom. The Balaban J connectivity index is 2.27.